The van der Waals surface area contributed by atoms with Crippen LogP contribution < -0.4 is 10.9 Å². The molecule has 0 bridgehead atoms. The third-order valence-electron chi connectivity index (χ3n) is 8.48. The van der Waals surface area contributed by atoms with E-state index in [0.717, 1.165) is 25.1 Å². The van der Waals surface area contributed by atoms with E-state index in [-0.39, 0.29) is 29.8 Å². The highest BCUT2D eigenvalue weighted by molar-refractivity contribution is 6.30. The predicted molar refractivity (Wildman–Crippen MR) is 155 cm³/mol. The van der Waals surface area contributed by atoms with Gasteiger partial charge < -0.3 is 19.9 Å². The lowest BCUT2D eigenvalue weighted by Crippen LogP contribution is -2.52. The summed E-state index contributed by atoms with van der Waals surface area (Å²) in [5, 5.41) is 16.0. The lowest BCUT2D eigenvalue weighted by molar-refractivity contribution is -0.141. The van der Waals surface area contributed by atoms with E-state index in [1.165, 1.54) is 16.5 Å². The molecular weight excluding hydrogens is 526 g/mol. The van der Waals surface area contributed by atoms with Crippen LogP contribution in [0, 0.1) is 5.92 Å². The molecule has 2 atom stereocenters. The first-order valence-corrected chi connectivity index (χ1v) is 14.3. The number of benzene rings is 2. The fourth-order valence-electron chi connectivity index (χ4n) is 6.24. The molecule has 2 fully saturated rings. The highest BCUT2D eigenvalue weighted by Gasteiger charge is 2.39. The molecule has 2 saturated heterocycles. The Morgan fingerprint density at radius 1 is 1.07 bits per heavy atom. The van der Waals surface area contributed by atoms with Crippen molar-refractivity contribution in [2.45, 2.75) is 43.9 Å². The quantitative estimate of drug-likeness (QED) is 0.376. The predicted octanol–water partition coefficient (Wildman–Crippen LogP) is 3.65. The van der Waals surface area contributed by atoms with Crippen LogP contribution in [0.3, 0.4) is 0 Å². The number of hydrogen-bond acceptors (Lipinski definition) is 5. The molecule has 0 saturated carbocycles. The van der Waals surface area contributed by atoms with E-state index < -0.39 is 5.60 Å². The molecule has 0 spiro atoms. The number of piperidine rings is 2. The number of aliphatic hydroxyl groups is 1. The maximum atomic E-state index is 13.6. The zero-order chi connectivity index (χ0) is 27.7. The molecule has 2 aliphatic rings. The molecule has 1 amide bonds. The second-order valence-corrected chi connectivity index (χ2v) is 11.6. The third-order valence-corrected chi connectivity index (χ3v) is 8.72. The van der Waals surface area contributed by atoms with Gasteiger partial charge in [0.1, 0.15) is 12.0 Å². The normalized spacial score (nSPS) is 21.0. The monoisotopic (exact) mass is 559 g/mol. The Kier molecular flexibility index (Phi) is 7.49. The molecular formula is C31H34ClN5O3. The minimum Gasteiger partial charge on any atom is -0.388 e. The Hall–Kier alpha value is -3.46. The average Bonchev–Trinajstić information content (AvgIpc) is 3.38. The summed E-state index contributed by atoms with van der Waals surface area (Å²) < 4.78 is 3.43. The summed E-state index contributed by atoms with van der Waals surface area (Å²) in [5.41, 5.74) is 1.55. The van der Waals surface area contributed by atoms with E-state index in [2.05, 4.69) is 22.4 Å². The summed E-state index contributed by atoms with van der Waals surface area (Å²) in [7, 11) is 0. The summed E-state index contributed by atoms with van der Waals surface area (Å²) in [5.74, 6) is 0.240. The number of nitrogens with zero attached hydrogens (tertiary/aromatic N) is 4. The van der Waals surface area contributed by atoms with Crippen LogP contribution >= 0.6 is 11.6 Å². The summed E-state index contributed by atoms with van der Waals surface area (Å²) in [6.45, 7) is 3.27. The van der Waals surface area contributed by atoms with Crippen LogP contribution in [-0.4, -0.2) is 61.8 Å². The Morgan fingerprint density at radius 3 is 2.65 bits per heavy atom. The second kappa shape index (κ2) is 11.2. The fraction of sp³-hybridized carbons (Fsp3) is 0.387. The molecule has 0 radical (unpaired) electrons. The van der Waals surface area contributed by atoms with Gasteiger partial charge in [0, 0.05) is 49.2 Å². The summed E-state index contributed by atoms with van der Waals surface area (Å²) in [4.78, 5) is 33.4. The van der Waals surface area contributed by atoms with E-state index in [0.29, 0.717) is 48.5 Å². The Morgan fingerprint density at radius 2 is 1.88 bits per heavy atom. The van der Waals surface area contributed by atoms with Crippen LogP contribution in [0.25, 0.3) is 11.0 Å². The molecule has 4 heterocycles. The smallest absolute Gasteiger partial charge is 0.262 e. The number of halogens is 1. The zero-order valence-electron chi connectivity index (χ0n) is 22.4. The molecule has 6 rings (SSSR count). The molecule has 0 unspecified atom stereocenters. The van der Waals surface area contributed by atoms with Crippen LogP contribution in [0.2, 0.25) is 5.02 Å². The summed E-state index contributed by atoms with van der Waals surface area (Å²) >= 11 is 6.13. The number of amides is 1. The first kappa shape index (κ1) is 26.7. The first-order chi connectivity index (χ1) is 19.4. The van der Waals surface area contributed by atoms with Crippen LogP contribution in [0.15, 0.2) is 78.0 Å². The van der Waals surface area contributed by atoms with Crippen molar-refractivity contribution in [3.63, 3.8) is 0 Å². The third kappa shape index (κ3) is 5.44. The van der Waals surface area contributed by atoms with Crippen LogP contribution in [0.4, 0.5) is 0 Å². The lowest BCUT2D eigenvalue weighted by Gasteiger charge is -2.41. The summed E-state index contributed by atoms with van der Waals surface area (Å²) in [6.07, 6.45) is 5.01. The maximum Gasteiger partial charge on any atom is 0.262 e. The zero-order valence-corrected chi connectivity index (χ0v) is 23.1. The van der Waals surface area contributed by atoms with E-state index in [4.69, 9.17) is 11.6 Å². The Labute approximate surface area is 238 Å². The number of carbonyl (C=O) groups excluding carboxylic acids is 1. The van der Waals surface area contributed by atoms with Gasteiger partial charge in [0.05, 0.1) is 17.5 Å². The van der Waals surface area contributed by atoms with Gasteiger partial charge in [-0.3, -0.25) is 14.2 Å². The van der Waals surface area contributed by atoms with E-state index in [1.54, 1.807) is 6.07 Å². The van der Waals surface area contributed by atoms with Crippen molar-refractivity contribution in [3.8, 4) is 0 Å². The van der Waals surface area contributed by atoms with Gasteiger partial charge in [0.15, 0.2) is 0 Å². The minimum atomic E-state index is -1.08. The second-order valence-electron chi connectivity index (χ2n) is 11.2. The number of likely N-dealkylation sites (tertiary alicyclic amines) is 1. The van der Waals surface area contributed by atoms with Gasteiger partial charge in [-0.05, 0) is 55.1 Å². The number of aromatic nitrogens is 3. The van der Waals surface area contributed by atoms with Crippen molar-refractivity contribution in [2.75, 3.05) is 26.2 Å². The van der Waals surface area contributed by atoms with Gasteiger partial charge >= 0.3 is 0 Å². The average molecular weight is 560 g/mol. The number of carbonyl (C=O) groups is 1. The highest BCUT2D eigenvalue weighted by atomic mass is 35.5. The van der Waals surface area contributed by atoms with Crippen molar-refractivity contribution < 1.29 is 9.90 Å². The van der Waals surface area contributed by atoms with Gasteiger partial charge in [-0.2, -0.15) is 0 Å². The lowest BCUT2D eigenvalue weighted by atomic mass is 9.80. The molecule has 40 heavy (non-hydrogen) atoms. The molecule has 2 aromatic heterocycles. The van der Waals surface area contributed by atoms with Gasteiger partial charge in [0.2, 0.25) is 5.91 Å². The topological polar surface area (TPSA) is 92.4 Å². The SMILES string of the molecule is O=C([C@@H]1CCNC[C@H]1c1ccccc1)N1CCC(O)(Cn2cnc3c(ccn3Cc3cccc(Cl)c3)c2=O)CC1. The molecule has 2 N–H and O–H groups in total. The number of rotatable bonds is 6. The Balaban J connectivity index is 1.12. The molecule has 2 aliphatic heterocycles. The van der Waals surface area contributed by atoms with E-state index in [9.17, 15) is 14.7 Å². The largest absolute Gasteiger partial charge is 0.388 e. The van der Waals surface area contributed by atoms with Gasteiger partial charge in [0.25, 0.3) is 5.56 Å². The van der Waals surface area contributed by atoms with E-state index in [1.807, 2.05) is 58.1 Å². The van der Waals surface area contributed by atoms with Crippen LogP contribution in [0.1, 0.15) is 36.3 Å². The number of fused-ring (bicyclic) bond motifs is 1. The van der Waals surface area contributed by atoms with Gasteiger partial charge in [-0.15, -0.1) is 0 Å². The molecule has 0 aliphatic carbocycles. The van der Waals surface area contributed by atoms with E-state index >= 15 is 0 Å². The van der Waals surface area contributed by atoms with Crippen molar-refractivity contribution in [1.29, 1.82) is 0 Å². The van der Waals surface area contributed by atoms with Gasteiger partial charge in [-0.1, -0.05) is 54.1 Å². The van der Waals surface area contributed by atoms with Crippen molar-refractivity contribution in [2.24, 2.45) is 5.92 Å². The Bertz CT molecular complexity index is 1560. The van der Waals surface area contributed by atoms with Crippen LogP contribution in [-0.2, 0) is 17.9 Å². The molecule has 4 aromatic rings. The fourth-order valence-corrected chi connectivity index (χ4v) is 6.45. The number of nitrogens with one attached hydrogen (secondary N) is 1. The van der Waals surface area contributed by atoms with Crippen molar-refractivity contribution in [3.05, 3.63) is 99.7 Å². The van der Waals surface area contributed by atoms with Gasteiger partial charge in [-0.25, -0.2) is 4.98 Å². The van der Waals surface area contributed by atoms with Crippen molar-refractivity contribution in [1.82, 2.24) is 24.3 Å². The maximum absolute atomic E-state index is 13.6. The minimum absolute atomic E-state index is 0.0694. The standard InChI is InChI=1S/C31H34ClN5O3/c32-24-8-4-5-22(17-24)19-36-14-10-26-28(36)34-21-37(30(26)39)20-31(40)11-15-35(16-12-31)29(38)25-9-13-33-18-27(25)23-6-2-1-3-7-23/h1-8,10,14,17,21,25,27,33,40H,9,11-13,15-16,18-20H2/t25-,27+/m1/s1. The van der Waals surface area contributed by atoms with Crippen LogP contribution in [0.5, 0.6) is 0 Å². The first-order valence-electron chi connectivity index (χ1n) is 14.0. The van der Waals surface area contributed by atoms with Crippen molar-refractivity contribution >= 4 is 28.5 Å². The highest BCUT2D eigenvalue weighted by Crippen LogP contribution is 2.33. The molecule has 9 heteroatoms. The number of hydrogen-bond donors (Lipinski definition) is 2. The summed E-state index contributed by atoms with van der Waals surface area (Å²) in [6, 6.07) is 19.6. The molecule has 2 aromatic carbocycles. The molecule has 208 valence electrons. The molecule has 8 nitrogen and oxygen atoms in total.